The molecule has 1 heterocycles. The van der Waals surface area contributed by atoms with Crippen molar-refractivity contribution in [1.82, 2.24) is 0 Å². The van der Waals surface area contributed by atoms with Gasteiger partial charge in [0.05, 0.1) is 5.76 Å². The van der Waals surface area contributed by atoms with Gasteiger partial charge in [-0.25, -0.2) is 0 Å². The van der Waals surface area contributed by atoms with Crippen LogP contribution in [0.5, 0.6) is 0 Å². The second kappa shape index (κ2) is 3.09. The van der Waals surface area contributed by atoms with Gasteiger partial charge < -0.3 is 4.74 Å². The first-order valence-electron chi connectivity index (χ1n) is 4.13. The SMILES string of the molecule is CCC1=C(C)CC(CC)O1. The van der Waals surface area contributed by atoms with Gasteiger partial charge in [-0.3, -0.25) is 0 Å². The lowest BCUT2D eigenvalue weighted by atomic mass is 10.1. The molecule has 0 aromatic carbocycles. The number of allylic oxidation sites excluding steroid dienone is 1. The fourth-order valence-corrected chi connectivity index (χ4v) is 1.41. The highest BCUT2D eigenvalue weighted by atomic mass is 16.5. The van der Waals surface area contributed by atoms with E-state index in [1.54, 1.807) is 0 Å². The Labute approximate surface area is 63.1 Å². The molecular weight excluding hydrogens is 124 g/mol. The Bertz CT molecular complexity index is 147. The van der Waals surface area contributed by atoms with Crippen LogP contribution < -0.4 is 0 Å². The molecule has 0 bridgehead atoms. The van der Waals surface area contributed by atoms with Crippen molar-refractivity contribution in [2.75, 3.05) is 0 Å². The van der Waals surface area contributed by atoms with Gasteiger partial charge in [0.15, 0.2) is 0 Å². The van der Waals surface area contributed by atoms with Gasteiger partial charge in [0.1, 0.15) is 6.10 Å². The summed E-state index contributed by atoms with van der Waals surface area (Å²) in [5.41, 5.74) is 1.45. The molecule has 10 heavy (non-hydrogen) atoms. The van der Waals surface area contributed by atoms with Crippen LogP contribution in [0.1, 0.15) is 40.0 Å². The van der Waals surface area contributed by atoms with Crippen LogP contribution in [-0.2, 0) is 4.74 Å². The Kier molecular flexibility index (Phi) is 2.36. The van der Waals surface area contributed by atoms with Gasteiger partial charge in [-0.05, 0) is 18.9 Å². The molecule has 1 nitrogen and oxygen atoms in total. The fraction of sp³-hybridized carbons (Fsp3) is 0.778. The maximum absolute atomic E-state index is 5.65. The predicted molar refractivity (Wildman–Crippen MR) is 42.8 cm³/mol. The van der Waals surface area contributed by atoms with Gasteiger partial charge in [0.25, 0.3) is 0 Å². The molecule has 0 fully saturated rings. The molecule has 1 aliphatic rings. The highest BCUT2D eigenvalue weighted by Gasteiger charge is 2.19. The van der Waals surface area contributed by atoms with Crippen LogP contribution in [0.15, 0.2) is 11.3 Å². The average molecular weight is 140 g/mol. The van der Waals surface area contributed by atoms with Crippen LogP contribution in [0.3, 0.4) is 0 Å². The van der Waals surface area contributed by atoms with Gasteiger partial charge in [-0.2, -0.15) is 0 Å². The summed E-state index contributed by atoms with van der Waals surface area (Å²) in [5, 5.41) is 0. The molecular formula is C9H16O. The standard InChI is InChI=1S/C9H16O/c1-4-8-6-7(3)9(5-2)10-8/h8H,4-6H2,1-3H3. The molecule has 1 heteroatoms. The van der Waals surface area contributed by atoms with E-state index in [4.69, 9.17) is 4.74 Å². The van der Waals surface area contributed by atoms with E-state index in [1.807, 2.05) is 0 Å². The molecule has 1 rings (SSSR count). The van der Waals surface area contributed by atoms with E-state index in [0.29, 0.717) is 6.10 Å². The van der Waals surface area contributed by atoms with Gasteiger partial charge in [0.2, 0.25) is 0 Å². The summed E-state index contributed by atoms with van der Waals surface area (Å²) in [5.74, 6) is 1.23. The Morgan fingerprint density at radius 2 is 2.20 bits per heavy atom. The van der Waals surface area contributed by atoms with Crippen molar-refractivity contribution in [3.05, 3.63) is 11.3 Å². The van der Waals surface area contributed by atoms with E-state index in [0.717, 1.165) is 19.3 Å². The molecule has 1 atom stereocenters. The largest absolute Gasteiger partial charge is 0.495 e. The van der Waals surface area contributed by atoms with Crippen molar-refractivity contribution < 1.29 is 4.74 Å². The van der Waals surface area contributed by atoms with Gasteiger partial charge >= 0.3 is 0 Å². The Morgan fingerprint density at radius 3 is 2.50 bits per heavy atom. The maximum atomic E-state index is 5.65. The zero-order valence-corrected chi connectivity index (χ0v) is 7.11. The van der Waals surface area contributed by atoms with E-state index in [-0.39, 0.29) is 0 Å². The van der Waals surface area contributed by atoms with Crippen LogP contribution in [0.25, 0.3) is 0 Å². The summed E-state index contributed by atoms with van der Waals surface area (Å²) in [6.45, 7) is 6.50. The third-order valence-electron chi connectivity index (χ3n) is 2.10. The zero-order chi connectivity index (χ0) is 7.56. The molecule has 0 aromatic heterocycles. The highest BCUT2D eigenvalue weighted by Crippen LogP contribution is 2.27. The topological polar surface area (TPSA) is 9.23 Å². The van der Waals surface area contributed by atoms with Gasteiger partial charge in [0, 0.05) is 12.8 Å². The minimum Gasteiger partial charge on any atom is -0.495 e. The lowest BCUT2D eigenvalue weighted by molar-refractivity contribution is 0.135. The van der Waals surface area contributed by atoms with E-state index >= 15 is 0 Å². The fourth-order valence-electron chi connectivity index (χ4n) is 1.41. The Hall–Kier alpha value is -0.460. The highest BCUT2D eigenvalue weighted by molar-refractivity contribution is 5.11. The van der Waals surface area contributed by atoms with Crippen molar-refractivity contribution in [2.24, 2.45) is 0 Å². The second-order valence-corrected chi connectivity index (χ2v) is 2.91. The molecule has 1 aliphatic heterocycles. The summed E-state index contributed by atoms with van der Waals surface area (Å²) in [6, 6.07) is 0. The summed E-state index contributed by atoms with van der Waals surface area (Å²) in [4.78, 5) is 0. The number of ether oxygens (including phenoxy) is 1. The van der Waals surface area contributed by atoms with Crippen molar-refractivity contribution in [3.63, 3.8) is 0 Å². The molecule has 0 aromatic rings. The van der Waals surface area contributed by atoms with Crippen molar-refractivity contribution in [3.8, 4) is 0 Å². The predicted octanol–water partition coefficient (Wildman–Crippen LogP) is 2.87. The van der Waals surface area contributed by atoms with Gasteiger partial charge in [-0.1, -0.05) is 13.8 Å². The molecule has 1 unspecified atom stereocenters. The minimum atomic E-state index is 0.481. The van der Waals surface area contributed by atoms with Crippen LogP contribution >= 0.6 is 0 Å². The lowest BCUT2D eigenvalue weighted by Gasteiger charge is -2.08. The third-order valence-corrected chi connectivity index (χ3v) is 2.10. The molecule has 0 aliphatic carbocycles. The second-order valence-electron chi connectivity index (χ2n) is 2.91. The summed E-state index contributed by atoms with van der Waals surface area (Å²) >= 11 is 0. The molecule has 0 saturated carbocycles. The normalized spacial score (nSPS) is 25.3. The monoisotopic (exact) mass is 140 g/mol. The molecule has 58 valence electrons. The van der Waals surface area contributed by atoms with E-state index in [2.05, 4.69) is 20.8 Å². The van der Waals surface area contributed by atoms with Crippen LogP contribution in [0, 0.1) is 0 Å². The first-order chi connectivity index (χ1) is 4.77. The Morgan fingerprint density at radius 1 is 1.50 bits per heavy atom. The third kappa shape index (κ3) is 1.34. The lowest BCUT2D eigenvalue weighted by Crippen LogP contribution is -2.02. The first kappa shape index (κ1) is 7.64. The maximum Gasteiger partial charge on any atom is 0.102 e. The zero-order valence-electron chi connectivity index (χ0n) is 7.11. The molecule has 0 spiro atoms. The quantitative estimate of drug-likeness (QED) is 0.573. The van der Waals surface area contributed by atoms with Crippen LogP contribution in [0.2, 0.25) is 0 Å². The summed E-state index contributed by atoms with van der Waals surface area (Å²) in [7, 11) is 0. The number of rotatable bonds is 2. The van der Waals surface area contributed by atoms with E-state index < -0.39 is 0 Å². The van der Waals surface area contributed by atoms with Crippen molar-refractivity contribution in [2.45, 2.75) is 46.1 Å². The molecule has 0 radical (unpaired) electrons. The molecule has 0 amide bonds. The first-order valence-corrected chi connectivity index (χ1v) is 4.13. The smallest absolute Gasteiger partial charge is 0.102 e. The van der Waals surface area contributed by atoms with E-state index in [1.165, 1.54) is 11.3 Å². The molecule has 0 saturated heterocycles. The number of hydrogen-bond donors (Lipinski definition) is 0. The van der Waals surface area contributed by atoms with E-state index in [9.17, 15) is 0 Å². The minimum absolute atomic E-state index is 0.481. The number of hydrogen-bond acceptors (Lipinski definition) is 1. The summed E-state index contributed by atoms with van der Waals surface area (Å²) in [6.07, 6.45) is 3.83. The van der Waals surface area contributed by atoms with Crippen LogP contribution in [0.4, 0.5) is 0 Å². The van der Waals surface area contributed by atoms with Gasteiger partial charge in [-0.15, -0.1) is 0 Å². The summed E-state index contributed by atoms with van der Waals surface area (Å²) < 4.78 is 5.65. The van der Waals surface area contributed by atoms with Crippen molar-refractivity contribution >= 4 is 0 Å². The molecule has 0 N–H and O–H groups in total. The average Bonchev–Trinajstić information content (AvgIpc) is 2.30. The van der Waals surface area contributed by atoms with Crippen molar-refractivity contribution in [1.29, 1.82) is 0 Å². The Balaban J connectivity index is 2.50. The van der Waals surface area contributed by atoms with Crippen LogP contribution in [-0.4, -0.2) is 6.10 Å².